The van der Waals surface area contributed by atoms with Crippen LogP contribution in [0.25, 0.3) is 0 Å². The van der Waals surface area contributed by atoms with Gasteiger partial charge in [0.2, 0.25) is 0 Å². The van der Waals surface area contributed by atoms with Gasteiger partial charge in [0.05, 0.1) is 0 Å². The zero-order valence-corrected chi connectivity index (χ0v) is 9.77. The van der Waals surface area contributed by atoms with Crippen molar-refractivity contribution in [2.24, 2.45) is 0 Å². The monoisotopic (exact) mass is 222 g/mol. The maximum atomic E-state index is 11.9. The fourth-order valence-corrected chi connectivity index (χ4v) is 1.39. The highest BCUT2D eigenvalue weighted by Crippen LogP contribution is 2.08. The van der Waals surface area contributed by atoms with Crippen LogP contribution in [0.5, 0.6) is 0 Å². The van der Waals surface area contributed by atoms with Crippen LogP contribution in [-0.4, -0.2) is 38.1 Å². The van der Waals surface area contributed by atoms with E-state index >= 15 is 0 Å². The van der Waals surface area contributed by atoms with Gasteiger partial charge in [0, 0.05) is 38.6 Å². The molecule has 0 heterocycles. The van der Waals surface area contributed by atoms with Gasteiger partial charge in [0.15, 0.2) is 0 Å². The van der Waals surface area contributed by atoms with E-state index < -0.39 is 0 Å². The second-order valence-corrected chi connectivity index (χ2v) is 3.70. The van der Waals surface area contributed by atoms with Gasteiger partial charge in [-0.1, -0.05) is 0 Å². The van der Waals surface area contributed by atoms with E-state index in [9.17, 15) is 4.79 Å². The van der Waals surface area contributed by atoms with Gasteiger partial charge in [0.25, 0.3) is 5.91 Å². The van der Waals surface area contributed by atoms with Gasteiger partial charge in [-0.25, -0.2) is 0 Å². The van der Waals surface area contributed by atoms with Crippen LogP contribution >= 0.6 is 0 Å². The molecular weight excluding hydrogens is 204 g/mol. The normalized spacial score (nSPS) is 10.1. The molecule has 16 heavy (non-hydrogen) atoms. The topological polar surface area (TPSA) is 55.6 Å². The third kappa shape index (κ3) is 3.55. The Bertz CT molecular complexity index is 335. The van der Waals surface area contributed by atoms with Crippen molar-refractivity contribution in [2.45, 2.75) is 6.42 Å². The Morgan fingerprint density at radius 3 is 2.56 bits per heavy atom. The summed E-state index contributed by atoms with van der Waals surface area (Å²) < 4.78 is 4.94. The van der Waals surface area contributed by atoms with Gasteiger partial charge in [-0.15, -0.1) is 0 Å². The minimum Gasteiger partial charge on any atom is -0.399 e. The first-order valence-electron chi connectivity index (χ1n) is 5.25. The van der Waals surface area contributed by atoms with Gasteiger partial charge >= 0.3 is 0 Å². The highest BCUT2D eigenvalue weighted by molar-refractivity contribution is 5.94. The van der Waals surface area contributed by atoms with Crippen molar-refractivity contribution in [1.29, 1.82) is 0 Å². The van der Waals surface area contributed by atoms with Crippen LogP contribution in [0.4, 0.5) is 5.69 Å². The van der Waals surface area contributed by atoms with Crippen molar-refractivity contribution in [1.82, 2.24) is 4.90 Å². The van der Waals surface area contributed by atoms with Gasteiger partial charge in [-0.05, 0) is 30.7 Å². The Kier molecular flexibility index (Phi) is 4.79. The minimum atomic E-state index is 0.0103. The number of nitrogens with two attached hydrogens (primary N) is 1. The number of hydrogen-bond acceptors (Lipinski definition) is 3. The highest BCUT2D eigenvalue weighted by Gasteiger charge is 2.10. The Morgan fingerprint density at radius 2 is 2.00 bits per heavy atom. The minimum absolute atomic E-state index is 0.0103. The smallest absolute Gasteiger partial charge is 0.253 e. The predicted octanol–water partition coefficient (Wildman–Crippen LogP) is 1.38. The first kappa shape index (κ1) is 12.5. The maximum Gasteiger partial charge on any atom is 0.253 e. The second kappa shape index (κ2) is 6.12. The molecule has 1 aromatic rings. The predicted molar refractivity (Wildman–Crippen MR) is 64.3 cm³/mol. The van der Waals surface area contributed by atoms with Crippen LogP contribution in [-0.2, 0) is 4.74 Å². The molecule has 4 heteroatoms. The van der Waals surface area contributed by atoms with Gasteiger partial charge in [0.1, 0.15) is 0 Å². The lowest BCUT2D eigenvalue weighted by Gasteiger charge is -2.16. The van der Waals surface area contributed by atoms with Crippen LogP contribution in [0, 0.1) is 0 Å². The number of carbonyl (C=O) groups is 1. The fraction of sp³-hybridized carbons (Fsp3) is 0.417. The second-order valence-electron chi connectivity index (χ2n) is 3.70. The SMILES string of the molecule is COCCCN(C)C(=O)c1ccc(N)cc1. The lowest BCUT2D eigenvalue weighted by Crippen LogP contribution is -2.28. The summed E-state index contributed by atoms with van der Waals surface area (Å²) in [7, 11) is 3.44. The fourth-order valence-electron chi connectivity index (χ4n) is 1.39. The summed E-state index contributed by atoms with van der Waals surface area (Å²) in [5.74, 6) is 0.0103. The summed E-state index contributed by atoms with van der Waals surface area (Å²) in [5, 5.41) is 0. The number of hydrogen-bond donors (Lipinski definition) is 1. The largest absolute Gasteiger partial charge is 0.399 e. The molecule has 0 fully saturated rings. The van der Waals surface area contributed by atoms with Crippen LogP contribution in [0.3, 0.4) is 0 Å². The molecule has 0 atom stereocenters. The average Bonchev–Trinajstić information content (AvgIpc) is 2.29. The summed E-state index contributed by atoms with van der Waals surface area (Å²) in [6.07, 6.45) is 0.841. The van der Waals surface area contributed by atoms with Crippen molar-refractivity contribution >= 4 is 11.6 Å². The van der Waals surface area contributed by atoms with E-state index in [1.807, 2.05) is 0 Å². The number of ether oxygens (including phenoxy) is 1. The van der Waals surface area contributed by atoms with Crippen LogP contribution in [0.15, 0.2) is 24.3 Å². The number of rotatable bonds is 5. The molecule has 0 radical (unpaired) electrons. The van der Waals surface area contributed by atoms with Crippen molar-refractivity contribution in [3.63, 3.8) is 0 Å². The van der Waals surface area contributed by atoms with Crippen LogP contribution in [0.2, 0.25) is 0 Å². The van der Waals surface area contributed by atoms with Crippen molar-refractivity contribution in [3.05, 3.63) is 29.8 Å². The van der Waals surface area contributed by atoms with E-state index in [-0.39, 0.29) is 5.91 Å². The number of benzene rings is 1. The van der Waals surface area contributed by atoms with Crippen molar-refractivity contribution < 1.29 is 9.53 Å². The van der Waals surface area contributed by atoms with E-state index in [1.165, 1.54) is 0 Å². The van der Waals surface area contributed by atoms with Gasteiger partial charge in [-0.2, -0.15) is 0 Å². The van der Waals surface area contributed by atoms with E-state index in [2.05, 4.69) is 0 Å². The summed E-state index contributed by atoms with van der Waals surface area (Å²) in [6.45, 7) is 1.36. The van der Waals surface area contributed by atoms with E-state index in [0.717, 1.165) is 6.42 Å². The average molecular weight is 222 g/mol. The number of amides is 1. The molecule has 0 unspecified atom stereocenters. The summed E-state index contributed by atoms with van der Waals surface area (Å²) in [4.78, 5) is 13.6. The molecule has 0 bridgehead atoms. The molecular formula is C12H18N2O2. The standard InChI is InChI=1S/C12H18N2O2/c1-14(8-3-9-16-2)12(15)10-4-6-11(13)7-5-10/h4-7H,3,8-9,13H2,1-2H3. The summed E-state index contributed by atoms with van der Waals surface area (Å²) in [5.41, 5.74) is 6.89. The van der Waals surface area contributed by atoms with Gasteiger partial charge < -0.3 is 15.4 Å². The molecule has 0 spiro atoms. The van der Waals surface area contributed by atoms with Crippen molar-refractivity contribution in [3.8, 4) is 0 Å². The Labute approximate surface area is 96.0 Å². The quantitative estimate of drug-likeness (QED) is 0.605. The molecule has 0 saturated carbocycles. The molecule has 4 nitrogen and oxygen atoms in total. The van der Waals surface area contributed by atoms with E-state index in [1.54, 1.807) is 43.3 Å². The molecule has 0 aliphatic heterocycles. The Hall–Kier alpha value is -1.55. The number of anilines is 1. The Morgan fingerprint density at radius 1 is 1.38 bits per heavy atom. The molecule has 1 amide bonds. The zero-order valence-electron chi connectivity index (χ0n) is 9.77. The molecule has 88 valence electrons. The molecule has 2 N–H and O–H groups in total. The van der Waals surface area contributed by atoms with E-state index in [0.29, 0.717) is 24.4 Å². The van der Waals surface area contributed by atoms with Crippen LogP contribution < -0.4 is 5.73 Å². The number of nitrogen functional groups attached to an aromatic ring is 1. The molecule has 0 aromatic heterocycles. The van der Waals surface area contributed by atoms with Crippen molar-refractivity contribution in [2.75, 3.05) is 33.0 Å². The zero-order chi connectivity index (χ0) is 12.0. The number of methoxy groups -OCH3 is 1. The van der Waals surface area contributed by atoms with Gasteiger partial charge in [-0.3, -0.25) is 4.79 Å². The third-order valence-electron chi connectivity index (χ3n) is 2.35. The van der Waals surface area contributed by atoms with Crippen LogP contribution in [0.1, 0.15) is 16.8 Å². The molecule has 1 aromatic carbocycles. The molecule has 0 aliphatic carbocycles. The molecule has 1 rings (SSSR count). The first-order chi connectivity index (χ1) is 7.65. The lowest BCUT2D eigenvalue weighted by molar-refractivity contribution is 0.0779. The Balaban J connectivity index is 2.53. The summed E-state index contributed by atoms with van der Waals surface area (Å²) in [6, 6.07) is 6.95. The lowest BCUT2D eigenvalue weighted by atomic mass is 10.2. The molecule has 0 saturated heterocycles. The maximum absolute atomic E-state index is 11.9. The number of carbonyl (C=O) groups excluding carboxylic acids is 1. The third-order valence-corrected chi connectivity index (χ3v) is 2.35. The first-order valence-corrected chi connectivity index (χ1v) is 5.25. The number of nitrogens with zero attached hydrogens (tertiary/aromatic N) is 1. The highest BCUT2D eigenvalue weighted by atomic mass is 16.5. The van der Waals surface area contributed by atoms with E-state index in [4.69, 9.17) is 10.5 Å². The summed E-state index contributed by atoms with van der Waals surface area (Å²) >= 11 is 0. The molecule has 0 aliphatic rings.